The van der Waals surface area contributed by atoms with Gasteiger partial charge in [0.05, 0.1) is 24.1 Å². The van der Waals surface area contributed by atoms with Crippen LogP contribution < -0.4 is 0 Å². The highest BCUT2D eigenvalue weighted by Crippen LogP contribution is 2.16. The van der Waals surface area contributed by atoms with Crippen LogP contribution in [-0.4, -0.2) is 28.0 Å². The molecule has 0 amide bonds. The summed E-state index contributed by atoms with van der Waals surface area (Å²) in [6.07, 6.45) is 4.73. The van der Waals surface area contributed by atoms with E-state index in [1.165, 1.54) is 12.8 Å². The minimum absolute atomic E-state index is 0.0263. The molecule has 0 aromatic carbocycles. The van der Waals surface area contributed by atoms with Crippen molar-refractivity contribution in [1.82, 2.24) is 10.2 Å². The van der Waals surface area contributed by atoms with E-state index in [-0.39, 0.29) is 6.61 Å². The van der Waals surface area contributed by atoms with Gasteiger partial charge < -0.3 is 9.84 Å². The molecule has 2 heterocycles. The lowest BCUT2D eigenvalue weighted by Crippen LogP contribution is -2.21. The van der Waals surface area contributed by atoms with Crippen LogP contribution in [0.25, 0.3) is 0 Å². The van der Waals surface area contributed by atoms with Crippen molar-refractivity contribution in [2.24, 2.45) is 0 Å². The predicted molar refractivity (Wildman–Crippen MR) is 51.8 cm³/mol. The second-order valence-corrected chi connectivity index (χ2v) is 3.74. The van der Waals surface area contributed by atoms with E-state index in [1.807, 2.05) is 6.07 Å². The maximum atomic E-state index is 8.85. The summed E-state index contributed by atoms with van der Waals surface area (Å²) in [5, 5.41) is 15.8. The van der Waals surface area contributed by atoms with Gasteiger partial charge in [0, 0.05) is 13.0 Å². The topological polar surface area (TPSA) is 58.1 Å². The summed E-state index contributed by atoms with van der Waals surface area (Å²) >= 11 is 0. The molecule has 1 aromatic rings. The molecular formula is C10H16N2O2. The number of H-pyrrole nitrogens is 1. The third kappa shape index (κ3) is 2.33. The molecule has 1 aliphatic heterocycles. The van der Waals surface area contributed by atoms with E-state index in [0.29, 0.717) is 6.10 Å². The summed E-state index contributed by atoms with van der Waals surface area (Å²) in [5.74, 6) is 0. The van der Waals surface area contributed by atoms with E-state index in [9.17, 15) is 0 Å². The SMILES string of the molecule is OCc1cc(CC2CCCCO2)n[nH]1. The van der Waals surface area contributed by atoms with Gasteiger partial charge in [0.1, 0.15) is 0 Å². The molecule has 0 aliphatic carbocycles. The Kier molecular flexibility index (Phi) is 3.16. The second kappa shape index (κ2) is 4.57. The quantitative estimate of drug-likeness (QED) is 0.758. The van der Waals surface area contributed by atoms with Crippen LogP contribution in [0.2, 0.25) is 0 Å². The Bertz CT molecular complexity index is 279. The summed E-state index contributed by atoms with van der Waals surface area (Å²) in [6.45, 7) is 0.903. The fourth-order valence-electron chi connectivity index (χ4n) is 1.80. The number of hydrogen-bond donors (Lipinski definition) is 2. The molecule has 2 N–H and O–H groups in total. The first-order chi connectivity index (χ1) is 6.88. The highest BCUT2D eigenvalue weighted by Gasteiger charge is 2.15. The largest absolute Gasteiger partial charge is 0.390 e. The van der Waals surface area contributed by atoms with Crippen LogP contribution in [0.3, 0.4) is 0 Å². The van der Waals surface area contributed by atoms with E-state index >= 15 is 0 Å². The summed E-state index contributed by atoms with van der Waals surface area (Å²) in [5.41, 5.74) is 1.76. The number of hydrogen-bond acceptors (Lipinski definition) is 3. The monoisotopic (exact) mass is 196 g/mol. The summed E-state index contributed by atoms with van der Waals surface area (Å²) in [7, 11) is 0. The van der Waals surface area contributed by atoms with E-state index in [2.05, 4.69) is 10.2 Å². The van der Waals surface area contributed by atoms with Crippen molar-refractivity contribution in [3.05, 3.63) is 17.5 Å². The van der Waals surface area contributed by atoms with Crippen LogP contribution in [0.15, 0.2) is 6.07 Å². The minimum Gasteiger partial charge on any atom is -0.390 e. The zero-order chi connectivity index (χ0) is 9.80. The molecule has 0 spiro atoms. The molecule has 0 radical (unpaired) electrons. The molecule has 0 saturated carbocycles. The van der Waals surface area contributed by atoms with Crippen LogP contribution in [-0.2, 0) is 17.8 Å². The molecule has 2 rings (SSSR count). The standard InChI is InChI=1S/C10H16N2O2/c13-7-9-5-8(11-12-9)6-10-3-1-2-4-14-10/h5,10,13H,1-4,6-7H2,(H,11,12). The molecule has 78 valence electrons. The first-order valence-corrected chi connectivity index (χ1v) is 5.14. The maximum absolute atomic E-state index is 8.85. The Morgan fingerprint density at radius 2 is 2.50 bits per heavy atom. The van der Waals surface area contributed by atoms with E-state index in [1.54, 1.807) is 0 Å². The lowest BCUT2D eigenvalue weighted by Gasteiger charge is -2.21. The molecule has 14 heavy (non-hydrogen) atoms. The van der Waals surface area contributed by atoms with Crippen LogP contribution >= 0.6 is 0 Å². The van der Waals surface area contributed by atoms with Crippen molar-refractivity contribution < 1.29 is 9.84 Å². The Balaban J connectivity index is 1.89. The summed E-state index contributed by atoms with van der Waals surface area (Å²) in [4.78, 5) is 0. The second-order valence-electron chi connectivity index (χ2n) is 3.74. The highest BCUT2D eigenvalue weighted by atomic mass is 16.5. The Labute approximate surface area is 83.3 Å². The van der Waals surface area contributed by atoms with Gasteiger partial charge in [-0.15, -0.1) is 0 Å². The average molecular weight is 196 g/mol. The van der Waals surface area contributed by atoms with Gasteiger partial charge in [0.15, 0.2) is 0 Å². The molecule has 1 fully saturated rings. The number of aliphatic hydroxyl groups is 1. The van der Waals surface area contributed by atoms with Crippen molar-refractivity contribution in [3.8, 4) is 0 Å². The molecule has 1 atom stereocenters. The molecule has 4 nitrogen and oxygen atoms in total. The smallest absolute Gasteiger partial charge is 0.0847 e. The molecule has 4 heteroatoms. The molecule has 1 unspecified atom stereocenters. The Morgan fingerprint density at radius 1 is 1.57 bits per heavy atom. The van der Waals surface area contributed by atoms with Crippen LogP contribution in [0, 0.1) is 0 Å². The number of aromatic nitrogens is 2. The summed E-state index contributed by atoms with van der Waals surface area (Å²) < 4.78 is 5.61. The van der Waals surface area contributed by atoms with Gasteiger partial charge in [0.25, 0.3) is 0 Å². The van der Waals surface area contributed by atoms with Gasteiger partial charge in [-0.1, -0.05) is 0 Å². The minimum atomic E-state index is 0.0263. The lowest BCUT2D eigenvalue weighted by molar-refractivity contribution is 0.0162. The molecule has 1 saturated heterocycles. The van der Waals surface area contributed by atoms with Crippen molar-refractivity contribution in [1.29, 1.82) is 0 Å². The van der Waals surface area contributed by atoms with E-state index in [0.717, 1.165) is 30.8 Å². The predicted octanol–water partition coefficient (Wildman–Crippen LogP) is 1.01. The third-order valence-corrected chi connectivity index (χ3v) is 2.57. The normalized spacial score (nSPS) is 22.5. The van der Waals surface area contributed by atoms with E-state index < -0.39 is 0 Å². The first kappa shape index (κ1) is 9.68. The fourth-order valence-corrected chi connectivity index (χ4v) is 1.80. The fraction of sp³-hybridized carbons (Fsp3) is 0.700. The third-order valence-electron chi connectivity index (χ3n) is 2.57. The van der Waals surface area contributed by atoms with Gasteiger partial charge in [-0.05, 0) is 25.3 Å². The zero-order valence-electron chi connectivity index (χ0n) is 8.20. The Hall–Kier alpha value is -0.870. The van der Waals surface area contributed by atoms with Crippen LogP contribution in [0.1, 0.15) is 30.7 Å². The van der Waals surface area contributed by atoms with Gasteiger partial charge in [-0.3, -0.25) is 5.10 Å². The van der Waals surface area contributed by atoms with Gasteiger partial charge >= 0.3 is 0 Å². The molecule has 0 bridgehead atoms. The molecule has 1 aliphatic rings. The Morgan fingerprint density at radius 3 is 3.14 bits per heavy atom. The summed E-state index contributed by atoms with van der Waals surface area (Å²) in [6, 6.07) is 1.90. The van der Waals surface area contributed by atoms with Crippen molar-refractivity contribution in [3.63, 3.8) is 0 Å². The van der Waals surface area contributed by atoms with Gasteiger partial charge in [-0.25, -0.2) is 0 Å². The average Bonchev–Trinajstić information content (AvgIpc) is 2.67. The first-order valence-electron chi connectivity index (χ1n) is 5.14. The zero-order valence-corrected chi connectivity index (χ0v) is 8.20. The number of rotatable bonds is 3. The lowest BCUT2D eigenvalue weighted by atomic mass is 10.0. The number of ether oxygens (including phenoxy) is 1. The highest BCUT2D eigenvalue weighted by molar-refractivity contribution is 5.08. The van der Waals surface area contributed by atoms with Gasteiger partial charge in [0.2, 0.25) is 0 Å². The van der Waals surface area contributed by atoms with Crippen molar-refractivity contribution in [2.45, 2.75) is 38.4 Å². The van der Waals surface area contributed by atoms with Crippen molar-refractivity contribution in [2.75, 3.05) is 6.61 Å². The maximum Gasteiger partial charge on any atom is 0.0847 e. The van der Waals surface area contributed by atoms with Gasteiger partial charge in [-0.2, -0.15) is 5.10 Å². The number of nitrogens with one attached hydrogen (secondary N) is 1. The number of aromatic amines is 1. The van der Waals surface area contributed by atoms with Crippen molar-refractivity contribution >= 4 is 0 Å². The van der Waals surface area contributed by atoms with Crippen LogP contribution in [0.5, 0.6) is 0 Å². The van der Waals surface area contributed by atoms with Crippen LogP contribution in [0.4, 0.5) is 0 Å². The number of aliphatic hydroxyl groups excluding tert-OH is 1. The van der Waals surface area contributed by atoms with E-state index in [4.69, 9.17) is 9.84 Å². The number of nitrogens with zero attached hydrogens (tertiary/aromatic N) is 1. The molecule has 1 aromatic heterocycles. The molecular weight excluding hydrogens is 180 g/mol.